The Balaban J connectivity index is 2.03. The minimum atomic E-state index is -0.765. The van der Waals surface area contributed by atoms with Gasteiger partial charge in [0, 0.05) is 5.70 Å². The van der Waals surface area contributed by atoms with Gasteiger partial charge in [-0.2, -0.15) is 0 Å². The van der Waals surface area contributed by atoms with Crippen LogP contribution in [-0.2, 0) is 16.1 Å². The number of ether oxygens (including phenoxy) is 1. The highest BCUT2D eigenvalue weighted by molar-refractivity contribution is 5.95. The minimum Gasteiger partial charge on any atom is -0.463 e. The van der Waals surface area contributed by atoms with Crippen LogP contribution in [0.3, 0.4) is 0 Å². The number of halogens is 1. The first-order valence-corrected chi connectivity index (χ1v) is 8.76. The normalized spacial score (nSPS) is 16.9. The molecule has 2 aromatic carbocycles. The largest absolute Gasteiger partial charge is 0.463 e. The van der Waals surface area contributed by atoms with Gasteiger partial charge in [0.05, 0.1) is 24.8 Å². The lowest BCUT2D eigenvalue weighted by Gasteiger charge is -2.35. The molecule has 0 spiro atoms. The van der Waals surface area contributed by atoms with Crippen molar-refractivity contribution in [2.75, 3.05) is 6.61 Å². The van der Waals surface area contributed by atoms with E-state index in [1.54, 1.807) is 26.0 Å². The van der Waals surface area contributed by atoms with Crippen molar-refractivity contribution < 1.29 is 18.7 Å². The molecule has 0 bridgehead atoms. The molecule has 0 aliphatic carbocycles. The van der Waals surface area contributed by atoms with Gasteiger partial charge in [0.25, 0.3) is 0 Å². The Morgan fingerprint density at radius 3 is 2.59 bits per heavy atom. The van der Waals surface area contributed by atoms with Gasteiger partial charge < -0.3 is 10.1 Å². The summed E-state index contributed by atoms with van der Waals surface area (Å²) in [7, 11) is 0. The molecule has 1 aliphatic heterocycles. The van der Waals surface area contributed by atoms with Gasteiger partial charge in [0.1, 0.15) is 5.82 Å². The van der Waals surface area contributed by atoms with Gasteiger partial charge in [-0.3, -0.25) is 4.90 Å². The van der Waals surface area contributed by atoms with Gasteiger partial charge in [-0.05, 0) is 37.1 Å². The Morgan fingerprint density at radius 1 is 1.19 bits per heavy atom. The fourth-order valence-electron chi connectivity index (χ4n) is 3.15. The SMILES string of the molecule is CCOC(=O)C1=C(C)N(Cc2ccccc2)C(=O)NC1c1cccc(F)c1. The first-order valence-electron chi connectivity index (χ1n) is 8.76. The van der Waals surface area contributed by atoms with E-state index in [0.29, 0.717) is 23.4 Å². The van der Waals surface area contributed by atoms with Crippen LogP contribution in [-0.4, -0.2) is 23.5 Å². The van der Waals surface area contributed by atoms with Crippen molar-refractivity contribution in [2.45, 2.75) is 26.4 Å². The molecule has 1 atom stereocenters. The number of esters is 1. The Morgan fingerprint density at radius 2 is 1.93 bits per heavy atom. The predicted octanol–water partition coefficient (Wildman–Crippen LogP) is 3.93. The fraction of sp³-hybridized carbons (Fsp3) is 0.238. The summed E-state index contributed by atoms with van der Waals surface area (Å²) in [6.07, 6.45) is 0. The number of carbonyl (C=O) groups excluding carboxylic acids is 2. The Labute approximate surface area is 157 Å². The highest BCUT2D eigenvalue weighted by Crippen LogP contribution is 2.32. The van der Waals surface area contributed by atoms with Gasteiger partial charge in [0.2, 0.25) is 0 Å². The summed E-state index contributed by atoms with van der Waals surface area (Å²) in [4.78, 5) is 26.9. The molecule has 0 aromatic heterocycles. The third-order valence-electron chi connectivity index (χ3n) is 4.46. The Kier molecular flexibility index (Phi) is 5.54. The van der Waals surface area contributed by atoms with E-state index in [1.807, 2.05) is 30.3 Å². The molecule has 1 N–H and O–H groups in total. The molecule has 27 heavy (non-hydrogen) atoms. The zero-order valence-corrected chi connectivity index (χ0v) is 15.2. The van der Waals surface area contributed by atoms with Crippen LogP contribution < -0.4 is 5.32 Å². The lowest BCUT2D eigenvalue weighted by molar-refractivity contribution is -0.139. The molecule has 0 saturated carbocycles. The molecule has 1 heterocycles. The van der Waals surface area contributed by atoms with Crippen molar-refractivity contribution in [2.24, 2.45) is 0 Å². The number of amides is 2. The molecule has 1 aliphatic rings. The van der Waals surface area contributed by atoms with E-state index in [0.717, 1.165) is 5.56 Å². The molecule has 3 rings (SSSR count). The summed E-state index contributed by atoms with van der Waals surface area (Å²) < 4.78 is 18.9. The standard InChI is InChI=1S/C21H21FN2O3/c1-3-27-20(25)18-14(2)24(13-15-8-5-4-6-9-15)21(26)23-19(18)16-10-7-11-17(22)12-16/h4-12,19H,3,13H2,1-2H3,(H,23,26). The van der Waals surface area contributed by atoms with E-state index in [2.05, 4.69) is 5.32 Å². The maximum atomic E-state index is 13.7. The second-order valence-corrected chi connectivity index (χ2v) is 6.23. The average Bonchev–Trinajstić information content (AvgIpc) is 2.65. The molecule has 5 nitrogen and oxygen atoms in total. The Hall–Kier alpha value is -3.15. The quantitative estimate of drug-likeness (QED) is 0.814. The molecule has 2 aromatic rings. The van der Waals surface area contributed by atoms with Crippen molar-refractivity contribution in [3.63, 3.8) is 0 Å². The molecular formula is C21H21FN2O3. The maximum Gasteiger partial charge on any atom is 0.338 e. The third-order valence-corrected chi connectivity index (χ3v) is 4.46. The number of nitrogens with zero attached hydrogens (tertiary/aromatic N) is 1. The summed E-state index contributed by atoms with van der Waals surface area (Å²) in [5, 5.41) is 2.81. The third kappa shape index (κ3) is 4.00. The number of nitrogens with one attached hydrogen (secondary N) is 1. The average molecular weight is 368 g/mol. The highest BCUT2D eigenvalue weighted by atomic mass is 19.1. The molecule has 1 unspecified atom stereocenters. The van der Waals surface area contributed by atoms with Gasteiger partial charge in [-0.1, -0.05) is 42.5 Å². The van der Waals surface area contributed by atoms with Crippen LogP contribution in [0.15, 0.2) is 65.9 Å². The summed E-state index contributed by atoms with van der Waals surface area (Å²) in [5.41, 5.74) is 2.22. The number of carbonyl (C=O) groups is 2. The van der Waals surface area contributed by atoms with Crippen molar-refractivity contribution >= 4 is 12.0 Å². The maximum absolute atomic E-state index is 13.7. The first kappa shape index (κ1) is 18.6. The molecular weight excluding hydrogens is 347 g/mol. The van der Waals surface area contributed by atoms with E-state index in [4.69, 9.17) is 4.74 Å². The number of rotatable bonds is 5. The molecule has 140 valence electrons. The van der Waals surface area contributed by atoms with E-state index >= 15 is 0 Å². The number of allylic oxidation sites excluding steroid dienone is 1. The van der Waals surface area contributed by atoms with Crippen molar-refractivity contribution in [1.82, 2.24) is 10.2 Å². The molecule has 6 heteroatoms. The number of hydrogen-bond acceptors (Lipinski definition) is 3. The van der Waals surface area contributed by atoms with Crippen molar-refractivity contribution in [1.29, 1.82) is 0 Å². The second-order valence-electron chi connectivity index (χ2n) is 6.23. The Bertz CT molecular complexity index is 880. The molecule has 0 radical (unpaired) electrons. The fourth-order valence-corrected chi connectivity index (χ4v) is 3.15. The molecule has 0 saturated heterocycles. The van der Waals surface area contributed by atoms with Crippen LogP contribution >= 0.6 is 0 Å². The van der Waals surface area contributed by atoms with Crippen molar-refractivity contribution in [3.05, 3.63) is 82.8 Å². The van der Waals surface area contributed by atoms with E-state index in [-0.39, 0.29) is 12.6 Å². The highest BCUT2D eigenvalue weighted by Gasteiger charge is 2.36. The van der Waals surface area contributed by atoms with Crippen LogP contribution in [0.5, 0.6) is 0 Å². The van der Waals surface area contributed by atoms with E-state index in [1.165, 1.54) is 17.0 Å². The van der Waals surface area contributed by atoms with Crippen LogP contribution in [0.1, 0.15) is 31.0 Å². The van der Waals surface area contributed by atoms with Crippen molar-refractivity contribution in [3.8, 4) is 0 Å². The zero-order chi connectivity index (χ0) is 19.4. The van der Waals surface area contributed by atoms with Gasteiger partial charge in [-0.25, -0.2) is 14.0 Å². The van der Waals surface area contributed by atoms with Crippen LogP contribution in [0, 0.1) is 5.82 Å². The van der Waals surface area contributed by atoms with E-state index < -0.39 is 17.8 Å². The van der Waals surface area contributed by atoms with Crippen LogP contribution in [0.2, 0.25) is 0 Å². The summed E-state index contributed by atoms with van der Waals surface area (Å²) >= 11 is 0. The van der Waals surface area contributed by atoms with Crippen LogP contribution in [0.4, 0.5) is 9.18 Å². The van der Waals surface area contributed by atoms with E-state index in [9.17, 15) is 14.0 Å². The second kappa shape index (κ2) is 8.03. The minimum absolute atomic E-state index is 0.206. The zero-order valence-electron chi connectivity index (χ0n) is 15.2. The monoisotopic (exact) mass is 368 g/mol. The van der Waals surface area contributed by atoms with Gasteiger partial charge in [0.15, 0.2) is 0 Å². The van der Waals surface area contributed by atoms with Crippen LogP contribution in [0.25, 0.3) is 0 Å². The predicted molar refractivity (Wildman–Crippen MR) is 99.0 cm³/mol. The smallest absolute Gasteiger partial charge is 0.338 e. The lowest BCUT2D eigenvalue weighted by atomic mass is 9.94. The summed E-state index contributed by atoms with van der Waals surface area (Å²) in [6, 6.07) is 14.2. The van der Waals surface area contributed by atoms with Gasteiger partial charge in [-0.15, -0.1) is 0 Å². The lowest BCUT2D eigenvalue weighted by Crippen LogP contribution is -2.47. The first-order chi connectivity index (χ1) is 13.0. The molecule has 0 fully saturated rings. The van der Waals surface area contributed by atoms with Gasteiger partial charge >= 0.3 is 12.0 Å². The summed E-state index contributed by atoms with van der Waals surface area (Å²) in [5.74, 6) is -0.961. The number of hydrogen-bond donors (Lipinski definition) is 1. The summed E-state index contributed by atoms with van der Waals surface area (Å²) in [6.45, 7) is 3.95. The number of urea groups is 1. The molecule has 2 amide bonds. The number of benzene rings is 2. The topological polar surface area (TPSA) is 58.6 Å².